The summed E-state index contributed by atoms with van der Waals surface area (Å²) in [6.45, 7) is 4.01. The number of hydrogen-bond acceptors (Lipinski definition) is 3. The predicted octanol–water partition coefficient (Wildman–Crippen LogP) is 3.54. The van der Waals surface area contributed by atoms with E-state index in [4.69, 9.17) is 4.74 Å². The number of ether oxygens (including phenoxy) is 1. The molecule has 0 saturated carbocycles. The number of ketones is 1. The molecule has 2 aromatic carbocycles. The highest BCUT2D eigenvalue weighted by Gasteiger charge is 2.07. The van der Waals surface area contributed by atoms with E-state index in [1.807, 2.05) is 6.92 Å². The summed E-state index contributed by atoms with van der Waals surface area (Å²) < 4.78 is 5.33. The molecule has 4 nitrogen and oxygen atoms in total. The molecule has 1 N–H and O–H groups in total. The number of benzene rings is 2. The third-order valence-electron chi connectivity index (χ3n) is 2.98. The molecule has 0 radical (unpaired) electrons. The maximum Gasteiger partial charge on any atom is 0.255 e. The summed E-state index contributed by atoms with van der Waals surface area (Å²) in [5.74, 6) is 0.535. The fraction of sp³-hybridized carbons (Fsp3) is 0.176. The number of carbonyl (C=O) groups is 2. The van der Waals surface area contributed by atoms with Gasteiger partial charge in [0.25, 0.3) is 5.91 Å². The minimum absolute atomic E-state index is 0.000565. The van der Waals surface area contributed by atoms with Crippen molar-refractivity contribution in [2.75, 3.05) is 11.9 Å². The van der Waals surface area contributed by atoms with Crippen LogP contribution in [0, 0.1) is 0 Å². The van der Waals surface area contributed by atoms with E-state index in [1.165, 1.54) is 6.92 Å². The SMILES string of the molecule is CCOc1ccc(C(=O)Nc2ccc(C(C)=O)cc2)cc1. The molecule has 0 aromatic heterocycles. The van der Waals surface area contributed by atoms with E-state index in [0.29, 0.717) is 23.4 Å². The van der Waals surface area contributed by atoms with Crippen molar-refractivity contribution in [2.45, 2.75) is 13.8 Å². The zero-order chi connectivity index (χ0) is 15.2. The Morgan fingerprint density at radius 2 is 1.52 bits per heavy atom. The van der Waals surface area contributed by atoms with Crippen molar-refractivity contribution in [1.29, 1.82) is 0 Å². The van der Waals surface area contributed by atoms with Gasteiger partial charge in [0.15, 0.2) is 5.78 Å². The van der Waals surface area contributed by atoms with Gasteiger partial charge in [0.1, 0.15) is 5.75 Å². The van der Waals surface area contributed by atoms with Crippen LogP contribution in [0.1, 0.15) is 34.6 Å². The molecule has 0 spiro atoms. The van der Waals surface area contributed by atoms with E-state index in [0.717, 1.165) is 5.75 Å². The fourth-order valence-electron chi connectivity index (χ4n) is 1.86. The Kier molecular flexibility index (Phi) is 4.72. The van der Waals surface area contributed by atoms with Gasteiger partial charge in [0.2, 0.25) is 0 Å². The normalized spacial score (nSPS) is 10.0. The van der Waals surface area contributed by atoms with Gasteiger partial charge in [-0.2, -0.15) is 0 Å². The van der Waals surface area contributed by atoms with E-state index in [-0.39, 0.29) is 11.7 Å². The Morgan fingerprint density at radius 1 is 0.952 bits per heavy atom. The van der Waals surface area contributed by atoms with Crippen LogP contribution in [0.3, 0.4) is 0 Å². The van der Waals surface area contributed by atoms with Crippen LogP contribution in [0.4, 0.5) is 5.69 Å². The third kappa shape index (κ3) is 3.92. The molecule has 4 heteroatoms. The molecular formula is C17H17NO3. The summed E-state index contributed by atoms with van der Waals surface area (Å²) in [5, 5.41) is 2.78. The summed E-state index contributed by atoms with van der Waals surface area (Å²) in [4.78, 5) is 23.3. The lowest BCUT2D eigenvalue weighted by Gasteiger charge is -2.07. The first kappa shape index (κ1) is 14.8. The Balaban J connectivity index is 2.05. The van der Waals surface area contributed by atoms with E-state index in [2.05, 4.69) is 5.32 Å². The van der Waals surface area contributed by atoms with Crippen LogP contribution in [0.25, 0.3) is 0 Å². The van der Waals surface area contributed by atoms with Crippen molar-refractivity contribution in [3.8, 4) is 5.75 Å². The molecule has 21 heavy (non-hydrogen) atoms. The topological polar surface area (TPSA) is 55.4 Å². The van der Waals surface area contributed by atoms with Crippen LogP contribution in [0.2, 0.25) is 0 Å². The van der Waals surface area contributed by atoms with Crippen LogP contribution < -0.4 is 10.1 Å². The Bertz CT molecular complexity index is 630. The summed E-state index contributed by atoms with van der Waals surface area (Å²) >= 11 is 0. The first-order chi connectivity index (χ1) is 10.1. The number of Topliss-reactive ketones (excluding diaryl/α,β-unsaturated/α-hetero) is 1. The number of anilines is 1. The fourth-order valence-corrected chi connectivity index (χ4v) is 1.86. The van der Waals surface area contributed by atoms with Crippen molar-refractivity contribution < 1.29 is 14.3 Å². The molecular weight excluding hydrogens is 266 g/mol. The standard InChI is InChI=1S/C17H17NO3/c1-3-21-16-10-6-14(7-11-16)17(20)18-15-8-4-13(5-9-15)12(2)19/h4-11H,3H2,1-2H3,(H,18,20). The number of hydrogen-bond donors (Lipinski definition) is 1. The smallest absolute Gasteiger partial charge is 0.255 e. The molecule has 0 fully saturated rings. The van der Waals surface area contributed by atoms with Crippen LogP contribution in [0.5, 0.6) is 5.75 Å². The molecule has 0 aliphatic rings. The molecule has 0 bridgehead atoms. The van der Waals surface area contributed by atoms with Gasteiger partial charge >= 0.3 is 0 Å². The van der Waals surface area contributed by atoms with E-state index in [9.17, 15) is 9.59 Å². The highest BCUT2D eigenvalue weighted by molar-refractivity contribution is 6.04. The van der Waals surface area contributed by atoms with E-state index >= 15 is 0 Å². The summed E-state index contributed by atoms with van der Waals surface area (Å²) in [5.41, 5.74) is 1.82. The van der Waals surface area contributed by atoms with Crippen LogP contribution in [-0.2, 0) is 0 Å². The zero-order valence-electron chi connectivity index (χ0n) is 12.1. The molecule has 108 valence electrons. The molecule has 2 aromatic rings. The molecule has 2 rings (SSSR count). The maximum atomic E-state index is 12.1. The summed E-state index contributed by atoms with van der Waals surface area (Å²) in [7, 11) is 0. The van der Waals surface area contributed by atoms with Gasteiger partial charge in [0.05, 0.1) is 6.61 Å². The molecule has 1 amide bonds. The largest absolute Gasteiger partial charge is 0.494 e. The van der Waals surface area contributed by atoms with Gasteiger partial charge < -0.3 is 10.1 Å². The minimum atomic E-state index is -0.200. The van der Waals surface area contributed by atoms with Crippen molar-refractivity contribution in [2.24, 2.45) is 0 Å². The van der Waals surface area contributed by atoms with Crippen molar-refractivity contribution in [1.82, 2.24) is 0 Å². The molecule has 0 heterocycles. The van der Waals surface area contributed by atoms with Gasteiger partial charge in [-0.15, -0.1) is 0 Å². The van der Waals surface area contributed by atoms with Gasteiger partial charge in [-0.1, -0.05) is 0 Å². The van der Waals surface area contributed by atoms with Crippen molar-refractivity contribution in [3.63, 3.8) is 0 Å². The second-order valence-electron chi connectivity index (χ2n) is 4.55. The first-order valence-corrected chi connectivity index (χ1v) is 6.75. The lowest BCUT2D eigenvalue weighted by molar-refractivity contribution is 0.101. The Morgan fingerprint density at radius 3 is 2.05 bits per heavy atom. The second-order valence-corrected chi connectivity index (χ2v) is 4.55. The van der Waals surface area contributed by atoms with Gasteiger partial charge in [-0.25, -0.2) is 0 Å². The lowest BCUT2D eigenvalue weighted by Crippen LogP contribution is -2.11. The average Bonchev–Trinajstić information content (AvgIpc) is 2.49. The molecule has 0 aliphatic carbocycles. The van der Waals surface area contributed by atoms with Gasteiger partial charge in [-0.3, -0.25) is 9.59 Å². The molecule has 0 aliphatic heterocycles. The van der Waals surface area contributed by atoms with E-state index < -0.39 is 0 Å². The molecule has 0 atom stereocenters. The Labute approximate surface area is 123 Å². The maximum absolute atomic E-state index is 12.1. The van der Waals surface area contributed by atoms with E-state index in [1.54, 1.807) is 48.5 Å². The van der Waals surface area contributed by atoms with Crippen molar-refractivity contribution in [3.05, 3.63) is 59.7 Å². The van der Waals surface area contributed by atoms with Crippen LogP contribution in [0.15, 0.2) is 48.5 Å². The highest BCUT2D eigenvalue weighted by atomic mass is 16.5. The summed E-state index contributed by atoms with van der Waals surface area (Å²) in [6.07, 6.45) is 0. The Hall–Kier alpha value is -2.62. The number of nitrogens with one attached hydrogen (secondary N) is 1. The van der Waals surface area contributed by atoms with Crippen LogP contribution in [-0.4, -0.2) is 18.3 Å². The first-order valence-electron chi connectivity index (χ1n) is 6.75. The van der Waals surface area contributed by atoms with Gasteiger partial charge in [-0.05, 0) is 62.4 Å². The summed E-state index contributed by atoms with van der Waals surface area (Å²) in [6, 6.07) is 13.8. The molecule has 0 unspecified atom stereocenters. The minimum Gasteiger partial charge on any atom is -0.494 e. The molecule has 0 saturated heterocycles. The average molecular weight is 283 g/mol. The van der Waals surface area contributed by atoms with Crippen molar-refractivity contribution >= 4 is 17.4 Å². The predicted molar refractivity (Wildman–Crippen MR) is 82.0 cm³/mol. The zero-order valence-corrected chi connectivity index (χ0v) is 12.1. The number of amides is 1. The lowest BCUT2D eigenvalue weighted by atomic mass is 10.1. The highest BCUT2D eigenvalue weighted by Crippen LogP contribution is 2.15. The quantitative estimate of drug-likeness (QED) is 0.854. The second kappa shape index (κ2) is 6.70. The monoisotopic (exact) mass is 283 g/mol. The van der Waals surface area contributed by atoms with Gasteiger partial charge in [0, 0.05) is 16.8 Å². The number of carbonyl (C=O) groups excluding carboxylic acids is 2. The third-order valence-corrected chi connectivity index (χ3v) is 2.98. The van der Waals surface area contributed by atoms with Crippen LogP contribution >= 0.6 is 0 Å². The number of rotatable bonds is 5.